The smallest absolute Gasteiger partial charge is 0.286 e. The molecule has 2 aromatic rings. The second kappa shape index (κ2) is 8.15. The monoisotopic (exact) mass is 330 g/mol. The van der Waals surface area contributed by atoms with Gasteiger partial charge in [-0.25, -0.2) is 4.98 Å². The molecular formula is C18H26N4O2. The molecule has 130 valence electrons. The van der Waals surface area contributed by atoms with E-state index in [0.29, 0.717) is 12.3 Å². The standard InChI is InChI=1S/C18H26N4O2/c1-15(22-11-3-2-4-12-22)16-6-7-17(24-16)18(23)20-8-5-10-21-13-9-19-14-21/h6-7,9,13-15H,2-5,8,10-12H2,1H3,(H,20,23)/t15-/m0/s1. The zero-order valence-corrected chi connectivity index (χ0v) is 14.3. The number of hydrogen-bond donors (Lipinski definition) is 1. The van der Waals surface area contributed by atoms with Gasteiger partial charge in [0, 0.05) is 25.5 Å². The average Bonchev–Trinajstić information content (AvgIpc) is 3.30. The van der Waals surface area contributed by atoms with Gasteiger partial charge in [-0.1, -0.05) is 6.42 Å². The van der Waals surface area contributed by atoms with E-state index >= 15 is 0 Å². The molecule has 0 bridgehead atoms. The summed E-state index contributed by atoms with van der Waals surface area (Å²) in [6, 6.07) is 3.94. The lowest BCUT2D eigenvalue weighted by Crippen LogP contribution is -2.32. The van der Waals surface area contributed by atoms with Gasteiger partial charge in [-0.05, 0) is 51.4 Å². The predicted molar refractivity (Wildman–Crippen MR) is 91.7 cm³/mol. The molecule has 3 rings (SSSR count). The third-order valence-electron chi connectivity index (χ3n) is 4.64. The first-order valence-corrected chi connectivity index (χ1v) is 8.82. The molecule has 2 aromatic heterocycles. The Morgan fingerprint density at radius 2 is 2.17 bits per heavy atom. The van der Waals surface area contributed by atoms with Gasteiger partial charge < -0.3 is 14.3 Å². The van der Waals surface area contributed by atoms with Crippen molar-refractivity contribution in [3.8, 4) is 0 Å². The van der Waals surface area contributed by atoms with Crippen LogP contribution in [0.15, 0.2) is 35.3 Å². The first kappa shape index (κ1) is 16.8. The van der Waals surface area contributed by atoms with Gasteiger partial charge in [0.05, 0.1) is 12.4 Å². The molecular weight excluding hydrogens is 304 g/mol. The number of carbonyl (C=O) groups is 1. The summed E-state index contributed by atoms with van der Waals surface area (Å²) in [6.45, 7) is 5.83. The molecule has 0 saturated carbocycles. The van der Waals surface area contributed by atoms with Gasteiger partial charge >= 0.3 is 0 Å². The van der Waals surface area contributed by atoms with E-state index in [1.165, 1.54) is 19.3 Å². The van der Waals surface area contributed by atoms with Crippen LogP contribution in [0, 0.1) is 0 Å². The molecule has 1 fully saturated rings. The van der Waals surface area contributed by atoms with Crippen molar-refractivity contribution in [2.75, 3.05) is 19.6 Å². The number of carbonyl (C=O) groups excluding carboxylic acids is 1. The summed E-state index contributed by atoms with van der Waals surface area (Å²) in [4.78, 5) is 18.6. The number of piperidine rings is 1. The molecule has 1 aliphatic heterocycles. The highest BCUT2D eigenvalue weighted by Crippen LogP contribution is 2.25. The SMILES string of the molecule is C[C@@H](c1ccc(C(=O)NCCCn2ccnc2)o1)N1CCCCC1. The van der Waals surface area contributed by atoms with Crippen molar-refractivity contribution >= 4 is 5.91 Å². The van der Waals surface area contributed by atoms with Crippen LogP contribution in [0.2, 0.25) is 0 Å². The molecule has 1 saturated heterocycles. The number of aryl methyl sites for hydroxylation is 1. The van der Waals surface area contributed by atoms with Crippen LogP contribution >= 0.6 is 0 Å². The van der Waals surface area contributed by atoms with Crippen LogP contribution in [0.1, 0.15) is 55.0 Å². The summed E-state index contributed by atoms with van der Waals surface area (Å²) < 4.78 is 7.79. The molecule has 0 aromatic carbocycles. The van der Waals surface area contributed by atoms with Gasteiger partial charge in [0.15, 0.2) is 5.76 Å². The third-order valence-corrected chi connectivity index (χ3v) is 4.64. The van der Waals surface area contributed by atoms with E-state index in [1.807, 2.05) is 16.8 Å². The fourth-order valence-corrected chi connectivity index (χ4v) is 3.15. The molecule has 6 heteroatoms. The maximum atomic E-state index is 12.2. The third kappa shape index (κ3) is 4.26. The maximum absolute atomic E-state index is 12.2. The number of furan rings is 1. The number of amides is 1. The minimum absolute atomic E-state index is 0.141. The van der Waals surface area contributed by atoms with Crippen LogP contribution < -0.4 is 5.32 Å². The molecule has 1 amide bonds. The average molecular weight is 330 g/mol. The first-order valence-electron chi connectivity index (χ1n) is 8.82. The highest BCUT2D eigenvalue weighted by molar-refractivity contribution is 5.91. The molecule has 0 aliphatic carbocycles. The largest absolute Gasteiger partial charge is 0.454 e. The van der Waals surface area contributed by atoms with E-state index in [4.69, 9.17) is 4.42 Å². The van der Waals surface area contributed by atoms with Crippen molar-refractivity contribution in [1.29, 1.82) is 0 Å². The quantitative estimate of drug-likeness (QED) is 0.793. The van der Waals surface area contributed by atoms with Crippen molar-refractivity contribution in [3.63, 3.8) is 0 Å². The van der Waals surface area contributed by atoms with Crippen molar-refractivity contribution in [3.05, 3.63) is 42.4 Å². The minimum Gasteiger partial charge on any atom is -0.454 e. The molecule has 1 aliphatic rings. The number of likely N-dealkylation sites (tertiary alicyclic amines) is 1. The fourth-order valence-electron chi connectivity index (χ4n) is 3.15. The number of nitrogens with zero attached hydrogens (tertiary/aromatic N) is 3. The van der Waals surface area contributed by atoms with Crippen LogP contribution in [-0.4, -0.2) is 40.0 Å². The summed E-state index contributed by atoms with van der Waals surface area (Å²) >= 11 is 0. The van der Waals surface area contributed by atoms with Crippen LogP contribution in [0.25, 0.3) is 0 Å². The predicted octanol–water partition coefficient (Wildman–Crippen LogP) is 2.84. The molecule has 0 radical (unpaired) electrons. The summed E-state index contributed by atoms with van der Waals surface area (Å²) in [6.07, 6.45) is 10.1. The van der Waals surface area contributed by atoms with E-state index in [0.717, 1.165) is 31.8 Å². The van der Waals surface area contributed by atoms with Crippen molar-refractivity contribution in [2.45, 2.75) is 45.2 Å². The highest BCUT2D eigenvalue weighted by atomic mass is 16.4. The Morgan fingerprint density at radius 3 is 2.92 bits per heavy atom. The Morgan fingerprint density at radius 1 is 1.33 bits per heavy atom. The van der Waals surface area contributed by atoms with Crippen LogP contribution in [-0.2, 0) is 6.54 Å². The first-order chi connectivity index (χ1) is 11.7. The summed E-state index contributed by atoms with van der Waals surface area (Å²) in [7, 11) is 0. The van der Waals surface area contributed by atoms with Gasteiger partial charge in [-0.2, -0.15) is 0 Å². The minimum atomic E-state index is -0.141. The normalized spacial score (nSPS) is 16.9. The lowest BCUT2D eigenvalue weighted by molar-refractivity contribution is 0.0916. The van der Waals surface area contributed by atoms with Gasteiger partial charge in [-0.3, -0.25) is 9.69 Å². The second-order valence-corrected chi connectivity index (χ2v) is 6.38. The van der Waals surface area contributed by atoms with Gasteiger partial charge in [0.2, 0.25) is 0 Å². The second-order valence-electron chi connectivity index (χ2n) is 6.38. The molecule has 24 heavy (non-hydrogen) atoms. The number of rotatable bonds is 7. The molecule has 1 N–H and O–H groups in total. The summed E-state index contributed by atoms with van der Waals surface area (Å²) in [5, 5.41) is 2.91. The molecule has 0 unspecified atom stereocenters. The van der Waals surface area contributed by atoms with E-state index in [9.17, 15) is 4.79 Å². The zero-order chi connectivity index (χ0) is 16.8. The van der Waals surface area contributed by atoms with E-state index in [2.05, 4.69) is 22.1 Å². The topological polar surface area (TPSA) is 63.3 Å². The van der Waals surface area contributed by atoms with Crippen molar-refractivity contribution < 1.29 is 9.21 Å². The molecule has 0 spiro atoms. The Labute approximate surface area is 142 Å². The Bertz CT molecular complexity index is 629. The van der Waals surface area contributed by atoms with Gasteiger partial charge in [0.1, 0.15) is 5.76 Å². The number of nitrogens with one attached hydrogen (secondary N) is 1. The van der Waals surface area contributed by atoms with E-state index in [1.54, 1.807) is 18.6 Å². The summed E-state index contributed by atoms with van der Waals surface area (Å²) in [5.41, 5.74) is 0. The van der Waals surface area contributed by atoms with Crippen molar-refractivity contribution in [1.82, 2.24) is 19.8 Å². The van der Waals surface area contributed by atoms with Gasteiger partial charge in [0.25, 0.3) is 5.91 Å². The Hall–Kier alpha value is -2.08. The van der Waals surface area contributed by atoms with E-state index < -0.39 is 0 Å². The lowest BCUT2D eigenvalue weighted by atomic mass is 10.1. The molecule has 6 nitrogen and oxygen atoms in total. The number of hydrogen-bond acceptors (Lipinski definition) is 4. The maximum Gasteiger partial charge on any atom is 0.286 e. The summed E-state index contributed by atoms with van der Waals surface area (Å²) in [5.74, 6) is 1.13. The number of aromatic nitrogens is 2. The van der Waals surface area contributed by atoms with Crippen LogP contribution in [0.5, 0.6) is 0 Å². The Kier molecular flexibility index (Phi) is 5.69. The van der Waals surface area contributed by atoms with E-state index in [-0.39, 0.29) is 11.9 Å². The van der Waals surface area contributed by atoms with Crippen LogP contribution in [0.3, 0.4) is 0 Å². The number of imidazole rings is 1. The van der Waals surface area contributed by atoms with Gasteiger partial charge in [-0.15, -0.1) is 0 Å². The Balaban J connectivity index is 1.46. The van der Waals surface area contributed by atoms with Crippen LogP contribution in [0.4, 0.5) is 0 Å². The molecule has 3 heterocycles. The van der Waals surface area contributed by atoms with Crippen molar-refractivity contribution in [2.24, 2.45) is 0 Å². The highest BCUT2D eigenvalue weighted by Gasteiger charge is 2.22. The zero-order valence-electron chi connectivity index (χ0n) is 14.3. The fraction of sp³-hybridized carbons (Fsp3) is 0.556. The lowest BCUT2D eigenvalue weighted by Gasteiger charge is -2.31. The molecule has 1 atom stereocenters.